The van der Waals surface area contributed by atoms with Gasteiger partial charge in [0.2, 0.25) is 0 Å². The van der Waals surface area contributed by atoms with Crippen molar-refractivity contribution in [2.75, 3.05) is 31.1 Å². The van der Waals surface area contributed by atoms with Crippen LogP contribution in [-0.4, -0.2) is 52.0 Å². The third-order valence-electron chi connectivity index (χ3n) is 3.95. The van der Waals surface area contributed by atoms with E-state index in [9.17, 15) is 4.79 Å². The molecule has 2 aromatic heterocycles. The van der Waals surface area contributed by atoms with Crippen LogP contribution in [0.3, 0.4) is 0 Å². The molecule has 8 heteroatoms. The summed E-state index contributed by atoms with van der Waals surface area (Å²) in [5.74, 6) is 0. The number of pyridine rings is 1. The molecular formula is C17H24N4O3S. The van der Waals surface area contributed by atoms with Crippen LogP contribution in [0.1, 0.15) is 26.3 Å². The number of carbonyl (C=O) groups is 1. The number of thiol groups is 1. The number of rotatable bonds is 1. The fraction of sp³-hybridized carbons (Fsp3) is 0.529. The van der Waals surface area contributed by atoms with E-state index in [0.29, 0.717) is 26.2 Å². The average Bonchev–Trinajstić information content (AvgIpc) is 2.72. The minimum Gasteiger partial charge on any atom is -0.442 e. The maximum absolute atomic E-state index is 12.2. The second kappa shape index (κ2) is 6.76. The predicted octanol–water partition coefficient (Wildman–Crippen LogP) is 3.03. The van der Waals surface area contributed by atoms with Crippen molar-refractivity contribution in [3.63, 3.8) is 0 Å². The Morgan fingerprint density at radius 2 is 2.08 bits per heavy atom. The quantitative estimate of drug-likeness (QED) is 0.788. The van der Waals surface area contributed by atoms with Gasteiger partial charge in [-0.25, -0.2) is 9.78 Å². The summed E-state index contributed by atoms with van der Waals surface area (Å²) in [6.07, 6.45) is 3.32. The number of hydrogen-bond acceptors (Lipinski definition) is 6. The second-order valence-electron chi connectivity index (χ2n) is 7.12. The molecule has 1 saturated heterocycles. The number of aromatic nitrogens is 2. The van der Waals surface area contributed by atoms with E-state index in [-0.39, 0.29) is 0 Å². The first kappa shape index (κ1) is 17.9. The Balaban J connectivity index is 1.73. The Hall–Kier alpha value is -1.93. The van der Waals surface area contributed by atoms with Gasteiger partial charge >= 0.3 is 6.09 Å². The minimum atomic E-state index is -0.543. The van der Waals surface area contributed by atoms with Crippen LogP contribution < -0.4 is 4.90 Å². The maximum Gasteiger partial charge on any atom is 0.434 e. The molecule has 0 aromatic carbocycles. The van der Waals surface area contributed by atoms with Crippen molar-refractivity contribution in [3.8, 4) is 0 Å². The van der Waals surface area contributed by atoms with E-state index in [4.69, 9.17) is 9.57 Å². The SMILES string of the molecule is Cc1cn(S)c2ncc(N3CCON(C(=O)OC(C)(C)C)CC3)cc12. The molecule has 2 aromatic rings. The van der Waals surface area contributed by atoms with E-state index in [1.807, 2.05) is 40.1 Å². The third-order valence-corrected chi connectivity index (χ3v) is 4.26. The lowest BCUT2D eigenvalue weighted by Crippen LogP contribution is -2.38. The van der Waals surface area contributed by atoms with Crippen molar-refractivity contribution >= 4 is 35.6 Å². The van der Waals surface area contributed by atoms with E-state index in [1.54, 1.807) is 3.97 Å². The first-order chi connectivity index (χ1) is 11.7. The van der Waals surface area contributed by atoms with Gasteiger partial charge in [-0.05, 0) is 39.3 Å². The van der Waals surface area contributed by atoms with Crippen LogP contribution in [0.25, 0.3) is 11.0 Å². The second-order valence-corrected chi connectivity index (χ2v) is 7.56. The van der Waals surface area contributed by atoms with E-state index in [1.165, 1.54) is 5.06 Å². The largest absolute Gasteiger partial charge is 0.442 e. The lowest BCUT2D eigenvalue weighted by Gasteiger charge is -2.25. The number of hydrogen-bond donors (Lipinski definition) is 1. The minimum absolute atomic E-state index is 0.407. The zero-order valence-electron chi connectivity index (χ0n) is 15.0. The number of carbonyl (C=O) groups excluding carboxylic acids is 1. The molecule has 1 fully saturated rings. The molecule has 0 bridgehead atoms. The highest BCUT2D eigenvalue weighted by Gasteiger charge is 2.26. The molecule has 0 aliphatic carbocycles. The summed E-state index contributed by atoms with van der Waals surface area (Å²) in [4.78, 5) is 24.4. The van der Waals surface area contributed by atoms with Gasteiger partial charge in [-0.2, -0.15) is 5.06 Å². The molecule has 0 atom stereocenters. The smallest absolute Gasteiger partial charge is 0.434 e. The summed E-state index contributed by atoms with van der Waals surface area (Å²) < 4.78 is 7.10. The number of aryl methyl sites for hydroxylation is 1. The number of nitrogens with zero attached hydrogens (tertiary/aromatic N) is 4. The van der Waals surface area contributed by atoms with E-state index in [2.05, 4.69) is 28.8 Å². The molecular weight excluding hydrogens is 340 g/mol. The molecule has 1 aliphatic heterocycles. The topological polar surface area (TPSA) is 59.8 Å². The predicted molar refractivity (Wildman–Crippen MR) is 100.0 cm³/mol. The summed E-state index contributed by atoms with van der Waals surface area (Å²) >= 11 is 4.38. The van der Waals surface area contributed by atoms with Crippen molar-refractivity contribution in [2.45, 2.75) is 33.3 Å². The summed E-state index contributed by atoms with van der Waals surface area (Å²) in [6, 6.07) is 2.10. The molecule has 0 spiro atoms. The summed E-state index contributed by atoms with van der Waals surface area (Å²) in [5.41, 5.74) is 2.43. The van der Waals surface area contributed by atoms with Crippen LogP contribution in [-0.2, 0) is 9.57 Å². The monoisotopic (exact) mass is 364 g/mol. The van der Waals surface area contributed by atoms with E-state index in [0.717, 1.165) is 22.3 Å². The lowest BCUT2D eigenvalue weighted by atomic mass is 10.2. The van der Waals surface area contributed by atoms with Crippen molar-refractivity contribution in [2.24, 2.45) is 0 Å². The fourth-order valence-electron chi connectivity index (χ4n) is 2.77. The molecule has 0 radical (unpaired) electrons. The highest BCUT2D eigenvalue weighted by molar-refractivity contribution is 7.78. The van der Waals surface area contributed by atoms with Gasteiger partial charge in [0.15, 0.2) is 0 Å². The van der Waals surface area contributed by atoms with Crippen LogP contribution in [0.5, 0.6) is 0 Å². The Kier molecular flexibility index (Phi) is 4.83. The fourth-order valence-corrected chi connectivity index (χ4v) is 3.10. The third kappa shape index (κ3) is 4.01. The number of anilines is 1. The molecule has 3 rings (SSSR count). The number of amides is 1. The molecule has 1 aliphatic rings. The van der Waals surface area contributed by atoms with Gasteiger partial charge in [0.25, 0.3) is 0 Å². The molecule has 136 valence electrons. The van der Waals surface area contributed by atoms with E-state index >= 15 is 0 Å². The number of fused-ring (bicyclic) bond motifs is 1. The van der Waals surface area contributed by atoms with Gasteiger partial charge in [0, 0.05) is 24.7 Å². The Bertz CT molecular complexity index is 784. The van der Waals surface area contributed by atoms with Crippen LogP contribution in [0.2, 0.25) is 0 Å². The summed E-state index contributed by atoms with van der Waals surface area (Å²) in [6.45, 7) is 9.71. The maximum atomic E-state index is 12.2. The normalized spacial score (nSPS) is 16.2. The van der Waals surface area contributed by atoms with Gasteiger partial charge < -0.3 is 9.64 Å². The van der Waals surface area contributed by atoms with Gasteiger partial charge in [-0.15, -0.1) is 0 Å². The molecule has 3 heterocycles. The molecule has 0 N–H and O–H groups in total. The average molecular weight is 364 g/mol. The molecule has 7 nitrogen and oxygen atoms in total. The zero-order valence-corrected chi connectivity index (χ0v) is 15.9. The molecule has 0 saturated carbocycles. The molecule has 0 unspecified atom stereocenters. The van der Waals surface area contributed by atoms with Gasteiger partial charge in [0.1, 0.15) is 11.2 Å². The highest BCUT2D eigenvalue weighted by atomic mass is 32.1. The lowest BCUT2D eigenvalue weighted by molar-refractivity contribution is -0.137. The van der Waals surface area contributed by atoms with Crippen LogP contribution in [0.15, 0.2) is 18.5 Å². The number of hydroxylamine groups is 2. The number of ether oxygens (including phenoxy) is 1. The Morgan fingerprint density at radius 1 is 1.32 bits per heavy atom. The van der Waals surface area contributed by atoms with Gasteiger partial charge in [-0.1, -0.05) is 12.8 Å². The first-order valence-corrected chi connectivity index (χ1v) is 8.70. The summed E-state index contributed by atoms with van der Waals surface area (Å²) in [5, 5.41) is 2.37. The van der Waals surface area contributed by atoms with Crippen LogP contribution in [0, 0.1) is 6.92 Å². The van der Waals surface area contributed by atoms with Gasteiger partial charge in [0.05, 0.1) is 25.0 Å². The Labute approximate surface area is 153 Å². The van der Waals surface area contributed by atoms with Crippen LogP contribution >= 0.6 is 12.8 Å². The van der Waals surface area contributed by atoms with Crippen molar-refractivity contribution in [3.05, 3.63) is 24.0 Å². The zero-order chi connectivity index (χ0) is 18.2. The highest BCUT2D eigenvalue weighted by Crippen LogP contribution is 2.25. The van der Waals surface area contributed by atoms with Crippen molar-refractivity contribution < 1.29 is 14.4 Å². The van der Waals surface area contributed by atoms with Crippen molar-refractivity contribution in [1.29, 1.82) is 0 Å². The van der Waals surface area contributed by atoms with E-state index < -0.39 is 11.7 Å². The van der Waals surface area contributed by atoms with Crippen LogP contribution in [0.4, 0.5) is 10.5 Å². The van der Waals surface area contributed by atoms with Gasteiger partial charge in [-0.3, -0.25) is 8.81 Å². The Morgan fingerprint density at radius 3 is 2.80 bits per heavy atom. The molecule has 25 heavy (non-hydrogen) atoms. The molecule has 1 amide bonds. The summed E-state index contributed by atoms with van der Waals surface area (Å²) in [7, 11) is 0. The van der Waals surface area contributed by atoms with Crippen molar-refractivity contribution in [1.82, 2.24) is 14.0 Å². The first-order valence-electron chi connectivity index (χ1n) is 8.30. The standard InChI is InChI=1S/C17H24N4O3S/c1-12-11-21(25)15-14(12)9-13(10-18-15)19-5-6-20(23-8-7-19)16(22)24-17(2,3)4/h9-11,25H,5-8H2,1-4H3.